The van der Waals surface area contributed by atoms with Crippen LogP contribution in [-0.2, 0) is 5.75 Å². The van der Waals surface area contributed by atoms with Crippen molar-refractivity contribution in [3.05, 3.63) is 82.0 Å². The lowest BCUT2D eigenvalue weighted by molar-refractivity contribution is 0.415. The van der Waals surface area contributed by atoms with Crippen molar-refractivity contribution in [1.29, 1.82) is 0 Å². The van der Waals surface area contributed by atoms with Crippen molar-refractivity contribution in [1.82, 2.24) is 15.0 Å². The summed E-state index contributed by atoms with van der Waals surface area (Å²) in [5.74, 6) is 2.59. The van der Waals surface area contributed by atoms with E-state index in [2.05, 4.69) is 15.0 Å². The summed E-state index contributed by atoms with van der Waals surface area (Å²) in [4.78, 5) is 24.2. The predicted molar refractivity (Wildman–Crippen MR) is 118 cm³/mol. The van der Waals surface area contributed by atoms with Gasteiger partial charge in [0.1, 0.15) is 11.5 Å². The topological polar surface area (TPSA) is 81.0 Å². The Balaban J connectivity index is 1.55. The summed E-state index contributed by atoms with van der Waals surface area (Å²) in [5.41, 5.74) is 4.15. The molecule has 0 aliphatic heterocycles. The summed E-state index contributed by atoms with van der Waals surface area (Å²) in [5, 5.41) is 0.527. The van der Waals surface area contributed by atoms with Gasteiger partial charge in [-0.25, -0.2) is 9.97 Å². The monoisotopic (exact) mass is 419 g/mol. The molecule has 0 spiro atoms. The third-order valence-corrected chi connectivity index (χ3v) is 5.51. The molecule has 0 aliphatic carbocycles. The van der Waals surface area contributed by atoms with Crippen LogP contribution in [0.15, 0.2) is 69.0 Å². The Labute approximate surface area is 178 Å². The maximum absolute atomic E-state index is 12.2. The summed E-state index contributed by atoms with van der Waals surface area (Å²) in [7, 11) is 1.61. The normalized spacial score (nSPS) is 10.9. The molecule has 152 valence electrons. The summed E-state index contributed by atoms with van der Waals surface area (Å²) >= 11 is 1.41. The zero-order chi connectivity index (χ0) is 21.1. The van der Waals surface area contributed by atoms with Gasteiger partial charge in [0.2, 0.25) is 5.89 Å². The molecule has 2 heterocycles. The Morgan fingerprint density at radius 1 is 1.03 bits per heavy atom. The molecular formula is C23H21N3O3S. The van der Waals surface area contributed by atoms with Gasteiger partial charge in [-0.2, -0.15) is 0 Å². The fraction of sp³-hybridized carbons (Fsp3) is 0.174. The van der Waals surface area contributed by atoms with E-state index in [-0.39, 0.29) is 5.56 Å². The SMILES string of the molecule is COc1cccc(-c2cc(=O)[nH]c(SCc3nc(-c4ccc(C)cc4)oc3C)n2)c1. The van der Waals surface area contributed by atoms with Crippen LogP contribution < -0.4 is 10.3 Å². The van der Waals surface area contributed by atoms with Gasteiger partial charge < -0.3 is 14.1 Å². The van der Waals surface area contributed by atoms with Gasteiger partial charge in [0.25, 0.3) is 5.56 Å². The Morgan fingerprint density at radius 3 is 2.60 bits per heavy atom. The van der Waals surface area contributed by atoms with E-state index in [4.69, 9.17) is 9.15 Å². The van der Waals surface area contributed by atoms with Crippen molar-refractivity contribution in [3.8, 4) is 28.5 Å². The summed E-state index contributed by atoms with van der Waals surface area (Å²) < 4.78 is 11.1. The summed E-state index contributed by atoms with van der Waals surface area (Å²) in [6.45, 7) is 3.93. The van der Waals surface area contributed by atoms with E-state index in [1.165, 1.54) is 23.4 Å². The number of nitrogens with zero attached hydrogens (tertiary/aromatic N) is 2. The Kier molecular flexibility index (Phi) is 5.72. The maximum atomic E-state index is 12.2. The van der Waals surface area contributed by atoms with Crippen LogP contribution in [0.5, 0.6) is 5.75 Å². The van der Waals surface area contributed by atoms with E-state index < -0.39 is 0 Å². The van der Waals surface area contributed by atoms with Crippen molar-refractivity contribution in [2.24, 2.45) is 0 Å². The number of hydrogen-bond acceptors (Lipinski definition) is 6. The minimum Gasteiger partial charge on any atom is -0.497 e. The lowest BCUT2D eigenvalue weighted by Crippen LogP contribution is -2.08. The lowest BCUT2D eigenvalue weighted by atomic mass is 10.1. The Morgan fingerprint density at radius 2 is 1.83 bits per heavy atom. The van der Waals surface area contributed by atoms with Crippen LogP contribution >= 0.6 is 11.8 Å². The number of oxazole rings is 1. The molecule has 7 heteroatoms. The average Bonchev–Trinajstić information content (AvgIpc) is 3.13. The largest absolute Gasteiger partial charge is 0.497 e. The van der Waals surface area contributed by atoms with Gasteiger partial charge in [0.05, 0.1) is 18.5 Å². The number of H-pyrrole nitrogens is 1. The maximum Gasteiger partial charge on any atom is 0.252 e. The molecule has 0 amide bonds. The number of thioether (sulfide) groups is 1. The van der Waals surface area contributed by atoms with E-state index in [9.17, 15) is 4.79 Å². The highest BCUT2D eigenvalue weighted by Crippen LogP contribution is 2.27. The summed E-state index contributed by atoms with van der Waals surface area (Å²) in [6.07, 6.45) is 0. The van der Waals surface area contributed by atoms with Crippen molar-refractivity contribution in [2.75, 3.05) is 7.11 Å². The first-order chi connectivity index (χ1) is 14.5. The Bertz CT molecular complexity index is 1230. The molecule has 30 heavy (non-hydrogen) atoms. The molecule has 0 saturated carbocycles. The number of aryl methyl sites for hydroxylation is 2. The highest BCUT2D eigenvalue weighted by molar-refractivity contribution is 7.98. The van der Waals surface area contributed by atoms with E-state index >= 15 is 0 Å². The molecule has 0 saturated heterocycles. The number of aromatic nitrogens is 3. The molecule has 2 aromatic carbocycles. The van der Waals surface area contributed by atoms with Gasteiger partial charge in [-0.3, -0.25) is 4.79 Å². The molecule has 4 rings (SSSR count). The molecule has 0 radical (unpaired) electrons. The van der Waals surface area contributed by atoms with Gasteiger partial charge >= 0.3 is 0 Å². The van der Waals surface area contributed by atoms with E-state index in [0.717, 1.165) is 22.6 Å². The number of methoxy groups -OCH3 is 1. The van der Waals surface area contributed by atoms with Crippen LogP contribution in [0.4, 0.5) is 0 Å². The van der Waals surface area contributed by atoms with Crippen LogP contribution in [0.25, 0.3) is 22.7 Å². The fourth-order valence-electron chi connectivity index (χ4n) is 2.95. The Hall–Kier alpha value is -3.32. The number of benzene rings is 2. The molecule has 6 nitrogen and oxygen atoms in total. The number of hydrogen-bond donors (Lipinski definition) is 1. The number of ether oxygens (including phenoxy) is 1. The summed E-state index contributed by atoms with van der Waals surface area (Å²) in [6, 6.07) is 17.0. The molecule has 0 unspecified atom stereocenters. The second-order valence-corrected chi connectivity index (χ2v) is 7.81. The second kappa shape index (κ2) is 8.59. The van der Waals surface area contributed by atoms with Gasteiger partial charge in [-0.05, 0) is 38.1 Å². The van der Waals surface area contributed by atoms with Gasteiger partial charge in [0.15, 0.2) is 5.16 Å². The number of nitrogens with one attached hydrogen (secondary N) is 1. The second-order valence-electron chi connectivity index (χ2n) is 6.84. The van der Waals surface area contributed by atoms with Crippen molar-refractivity contribution in [3.63, 3.8) is 0 Å². The molecule has 0 bridgehead atoms. The lowest BCUT2D eigenvalue weighted by Gasteiger charge is -2.06. The standard InChI is InChI=1S/C23H21N3O3S/c1-14-7-9-16(10-8-14)22-24-20(15(2)29-22)13-30-23-25-19(12-21(27)26-23)17-5-4-6-18(11-17)28-3/h4-12H,13H2,1-3H3,(H,25,26,27). The first-order valence-corrected chi connectivity index (χ1v) is 10.4. The first-order valence-electron chi connectivity index (χ1n) is 9.44. The third-order valence-electron chi connectivity index (χ3n) is 4.62. The highest BCUT2D eigenvalue weighted by atomic mass is 32.2. The van der Waals surface area contributed by atoms with E-state index in [1.54, 1.807) is 7.11 Å². The van der Waals surface area contributed by atoms with Gasteiger partial charge in [-0.1, -0.05) is 41.6 Å². The van der Waals surface area contributed by atoms with Crippen molar-refractivity contribution >= 4 is 11.8 Å². The van der Waals surface area contributed by atoms with Gasteiger partial charge in [0, 0.05) is 22.9 Å². The smallest absolute Gasteiger partial charge is 0.252 e. The average molecular weight is 420 g/mol. The number of aromatic amines is 1. The predicted octanol–water partition coefficient (Wildman–Crippen LogP) is 5.01. The molecule has 0 atom stereocenters. The quantitative estimate of drug-likeness (QED) is 0.349. The van der Waals surface area contributed by atoms with E-state index in [1.807, 2.05) is 62.4 Å². The van der Waals surface area contributed by atoms with Crippen molar-refractivity contribution < 1.29 is 9.15 Å². The molecule has 1 N–H and O–H groups in total. The molecule has 4 aromatic rings. The van der Waals surface area contributed by atoms with Crippen LogP contribution in [-0.4, -0.2) is 22.1 Å². The third kappa shape index (κ3) is 4.46. The first kappa shape index (κ1) is 20.0. The highest BCUT2D eigenvalue weighted by Gasteiger charge is 2.13. The fourth-order valence-corrected chi connectivity index (χ4v) is 3.83. The van der Waals surface area contributed by atoms with Crippen LogP contribution in [0, 0.1) is 13.8 Å². The zero-order valence-corrected chi connectivity index (χ0v) is 17.7. The molecule has 2 aromatic heterocycles. The minimum absolute atomic E-state index is 0.206. The van der Waals surface area contributed by atoms with Crippen LogP contribution in [0.2, 0.25) is 0 Å². The number of rotatable bonds is 6. The molecule has 0 fully saturated rings. The van der Waals surface area contributed by atoms with Crippen LogP contribution in [0.1, 0.15) is 17.0 Å². The van der Waals surface area contributed by atoms with Crippen molar-refractivity contribution in [2.45, 2.75) is 24.8 Å². The van der Waals surface area contributed by atoms with Gasteiger partial charge in [-0.15, -0.1) is 0 Å². The zero-order valence-electron chi connectivity index (χ0n) is 16.9. The van der Waals surface area contributed by atoms with Crippen LogP contribution in [0.3, 0.4) is 0 Å². The minimum atomic E-state index is -0.206. The van der Waals surface area contributed by atoms with E-state index in [0.29, 0.717) is 28.2 Å². The molecular weight excluding hydrogens is 398 g/mol. The molecule has 0 aliphatic rings.